The highest BCUT2D eigenvalue weighted by atomic mass is 16.4. The van der Waals surface area contributed by atoms with Gasteiger partial charge in [0.05, 0.1) is 18.7 Å². The van der Waals surface area contributed by atoms with Crippen LogP contribution in [0.4, 0.5) is 6.01 Å². The lowest BCUT2D eigenvalue weighted by Crippen LogP contribution is -2.39. The molecule has 1 fully saturated rings. The average molecular weight is 226 g/mol. The molecule has 90 valence electrons. The molecule has 0 aliphatic heterocycles. The summed E-state index contributed by atoms with van der Waals surface area (Å²) in [5, 5.41) is 17.9. The van der Waals surface area contributed by atoms with Gasteiger partial charge in [0.1, 0.15) is 0 Å². The number of anilines is 1. The number of aromatic nitrogens is 2. The number of likely N-dealkylation sites (N-methyl/N-ethyl adjacent to an activating group) is 1. The molecule has 0 amide bonds. The molecule has 3 N–H and O–H groups in total. The first-order valence-electron chi connectivity index (χ1n) is 5.59. The van der Waals surface area contributed by atoms with Gasteiger partial charge in [0, 0.05) is 7.05 Å². The minimum absolute atomic E-state index is 0.241. The molecule has 1 heterocycles. The van der Waals surface area contributed by atoms with Crippen LogP contribution >= 0.6 is 0 Å². The quantitative estimate of drug-likeness (QED) is 0.766. The number of aliphatic hydroxyl groups is 1. The maximum Gasteiger partial charge on any atom is 0.318 e. The van der Waals surface area contributed by atoms with Crippen molar-refractivity contribution in [2.45, 2.75) is 37.8 Å². The van der Waals surface area contributed by atoms with E-state index in [1.165, 1.54) is 0 Å². The van der Waals surface area contributed by atoms with Crippen LogP contribution in [-0.2, 0) is 6.54 Å². The predicted molar refractivity (Wildman–Crippen MR) is 58.9 cm³/mol. The van der Waals surface area contributed by atoms with E-state index in [9.17, 15) is 5.11 Å². The third-order valence-electron chi connectivity index (χ3n) is 3.02. The molecular weight excluding hydrogens is 208 g/mol. The van der Waals surface area contributed by atoms with Crippen LogP contribution in [0.25, 0.3) is 0 Å². The first kappa shape index (κ1) is 11.3. The second-order valence-electron chi connectivity index (χ2n) is 4.47. The van der Waals surface area contributed by atoms with Crippen molar-refractivity contribution in [2.24, 2.45) is 5.73 Å². The normalized spacial score (nSPS) is 18.9. The van der Waals surface area contributed by atoms with Crippen molar-refractivity contribution in [3.8, 4) is 0 Å². The molecule has 0 radical (unpaired) electrons. The molecule has 1 aromatic rings. The summed E-state index contributed by atoms with van der Waals surface area (Å²) < 4.78 is 5.32. The summed E-state index contributed by atoms with van der Waals surface area (Å²) >= 11 is 0. The van der Waals surface area contributed by atoms with Gasteiger partial charge in [-0.05, 0) is 12.8 Å². The third-order valence-corrected chi connectivity index (χ3v) is 3.02. The van der Waals surface area contributed by atoms with Crippen LogP contribution < -0.4 is 10.6 Å². The lowest BCUT2D eigenvalue weighted by Gasteiger charge is -2.27. The Hall–Kier alpha value is -1.14. The Morgan fingerprint density at radius 1 is 1.44 bits per heavy atom. The minimum atomic E-state index is -0.605. The largest absolute Gasteiger partial charge is 0.407 e. The molecule has 6 nitrogen and oxygen atoms in total. The molecule has 0 spiro atoms. The van der Waals surface area contributed by atoms with Crippen LogP contribution in [0.15, 0.2) is 4.42 Å². The van der Waals surface area contributed by atoms with Crippen molar-refractivity contribution < 1.29 is 9.52 Å². The summed E-state index contributed by atoms with van der Waals surface area (Å²) in [5.74, 6) is 0.417. The van der Waals surface area contributed by atoms with Gasteiger partial charge in [-0.25, -0.2) is 0 Å². The summed E-state index contributed by atoms with van der Waals surface area (Å²) in [7, 11) is 1.84. The van der Waals surface area contributed by atoms with Crippen LogP contribution in [0.3, 0.4) is 0 Å². The average Bonchev–Trinajstić information content (AvgIpc) is 2.86. The molecule has 0 saturated heterocycles. The van der Waals surface area contributed by atoms with E-state index in [1.54, 1.807) is 4.90 Å². The van der Waals surface area contributed by atoms with Crippen LogP contribution in [-0.4, -0.2) is 34.5 Å². The van der Waals surface area contributed by atoms with Gasteiger partial charge in [0.15, 0.2) is 0 Å². The van der Waals surface area contributed by atoms with Crippen molar-refractivity contribution in [2.75, 3.05) is 18.5 Å². The Kier molecular flexibility index (Phi) is 3.11. The van der Waals surface area contributed by atoms with Crippen molar-refractivity contribution in [3.63, 3.8) is 0 Å². The van der Waals surface area contributed by atoms with Gasteiger partial charge in [-0.15, -0.1) is 5.10 Å². The zero-order chi connectivity index (χ0) is 11.6. The highest BCUT2D eigenvalue weighted by Gasteiger charge is 2.33. The molecular formula is C10H18N4O2. The van der Waals surface area contributed by atoms with Crippen LogP contribution in [0.2, 0.25) is 0 Å². The summed E-state index contributed by atoms with van der Waals surface area (Å²) in [5.41, 5.74) is 4.78. The van der Waals surface area contributed by atoms with Gasteiger partial charge in [0.25, 0.3) is 0 Å². The van der Waals surface area contributed by atoms with Gasteiger partial charge in [-0.3, -0.25) is 0 Å². The van der Waals surface area contributed by atoms with E-state index in [4.69, 9.17) is 10.2 Å². The van der Waals surface area contributed by atoms with Gasteiger partial charge in [-0.1, -0.05) is 17.9 Å². The van der Waals surface area contributed by atoms with Crippen molar-refractivity contribution >= 4 is 6.01 Å². The lowest BCUT2D eigenvalue weighted by molar-refractivity contribution is 0.0549. The molecule has 1 aliphatic rings. The Balaban J connectivity index is 1.99. The third kappa shape index (κ3) is 2.33. The highest BCUT2D eigenvalue weighted by Crippen LogP contribution is 2.30. The number of hydrogen-bond acceptors (Lipinski definition) is 6. The molecule has 1 aliphatic carbocycles. The SMILES string of the molecule is CN(CC1(O)CCCC1)c1nnc(CN)o1. The van der Waals surface area contributed by atoms with E-state index in [-0.39, 0.29) is 6.54 Å². The smallest absolute Gasteiger partial charge is 0.318 e. The van der Waals surface area contributed by atoms with Gasteiger partial charge < -0.3 is 20.2 Å². The second-order valence-corrected chi connectivity index (χ2v) is 4.47. The Morgan fingerprint density at radius 3 is 2.69 bits per heavy atom. The summed E-state index contributed by atoms with van der Waals surface area (Å²) in [6.07, 6.45) is 3.86. The molecule has 2 rings (SSSR count). The fourth-order valence-electron chi connectivity index (χ4n) is 2.18. The van der Waals surface area contributed by atoms with Gasteiger partial charge >= 0.3 is 6.01 Å². The van der Waals surface area contributed by atoms with Crippen molar-refractivity contribution in [1.29, 1.82) is 0 Å². The summed E-state index contributed by atoms with van der Waals surface area (Å²) in [6.45, 7) is 0.768. The van der Waals surface area contributed by atoms with Crippen LogP contribution in [0.5, 0.6) is 0 Å². The Labute approximate surface area is 94.4 Å². The molecule has 0 bridgehead atoms. The monoisotopic (exact) mass is 226 g/mol. The van der Waals surface area contributed by atoms with Crippen molar-refractivity contribution in [1.82, 2.24) is 10.2 Å². The Morgan fingerprint density at radius 2 is 2.12 bits per heavy atom. The molecule has 16 heavy (non-hydrogen) atoms. The standard InChI is InChI=1S/C10H18N4O2/c1-14(7-10(15)4-2-3-5-10)9-13-12-8(6-11)16-9/h15H,2-7,11H2,1H3. The predicted octanol–water partition coefficient (Wildman–Crippen LogP) is 0.270. The fourth-order valence-corrected chi connectivity index (χ4v) is 2.18. The maximum atomic E-state index is 10.2. The van der Waals surface area contributed by atoms with Gasteiger partial charge in [0.2, 0.25) is 5.89 Å². The minimum Gasteiger partial charge on any atom is -0.407 e. The first-order valence-corrected chi connectivity index (χ1v) is 5.59. The van der Waals surface area contributed by atoms with E-state index in [0.29, 0.717) is 18.5 Å². The molecule has 0 atom stereocenters. The van der Waals surface area contributed by atoms with E-state index >= 15 is 0 Å². The molecule has 1 aromatic heterocycles. The van der Waals surface area contributed by atoms with E-state index in [0.717, 1.165) is 25.7 Å². The number of hydrogen-bond donors (Lipinski definition) is 2. The number of nitrogens with zero attached hydrogens (tertiary/aromatic N) is 3. The topological polar surface area (TPSA) is 88.4 Å². The van der Waals surface area contributed by atoms with Crippen LogP contribution in [0, 0.1) is 0 Å². The molecule has 6 heteroatoms. The number of rotatable bonds is 4. The summed E-state index contributed by atoms with van der Waals surface area (Å²) in [6, 6.07) is 0.417. The first-order chi connectivity index (χ1) is 7.63. The summed E-state index contributed by atoms with van der Waals surface area (Å²) in [4.78, 5) is 1.79. The zero-order valence-corrected chi connectivity index (χ0v) is 9.52. The Bertz CT molecular complexity index is 346. The van der Waals surface area contributed by atoms with Gasteiger partial charge in [-0.2, -0.15) is 0 Å². The van der Waals surface area contributed by atoms with Crippen molar-refractivity contribution in [3.05, 3.63) is 5.89 Å². The van der Waals surface area contributed by atoms with Crippen LogP contribution in [0.1, 0.15) is 31.6 Å². The zero-order valence-electron chi connectivity index (χ0n) is 9.52. The molecule has 1 saturated carbocycles. The highest BCUT2D eigenvalue weighted by molar-refractivity contribution is 5.23. The fraction of sp³-hybridized carbons (Fsp3) is 0.800. The maximum absolute atomic E-state index is 10.2. The molecule has 0 unspecified atom stereocenters. The van der Waals surface area contributed by atoms with E-state index < -0.39 is 5.60 Å². The second kappa shape index (κ2) is 4.39. The number of nitrogens with two attached hydrogens (primary N) is 1. The lowest BCUT2D eigenvalue weighted by atomic mass is 10.0. The van der Waals surface area contributed by atoms with E-state index in [1.807, 2.05) is 7.05 Å². The molecule has 0 aromatic carbocycles. The van der Waals surface area contributed by atoms with E-state index in [2.05, 4.69) is 10.2 Å².